The Morgan fingerprint density at radius 3 is 2.67 bits per heavy atom. The fourth-order valence-corrected chi connectivity index (χ4v) is 5.60. The number of benzene rings is 1. The number of nitrogens with zero attached hydrogens (tertiary/aromatic N) is 1. The van der Waals surface area contributed by atoms with E-state index >= 15 is 0 Å². The van der Waals surface area contributed by atoms with Gasteiger partial charge in [-0.15, -0.1) is 11.3 Å². The second kappa shape index (κ2) is 13.5. The molecule has 0 spiro atoms. The maximum atomic E-state index is 14.6. The fourth-order valence-electron chi connectivity index (χ4n) is 4.78. The topological polar surface area (TPSA) is 132 Å². The Morgan fingerprint density at radius 2 is 1.93 bits per heavy atom. The van der Waals surface area contributed by atoms with Crippen LogP contribution in [0.4, 0.5) is 9.18 Å². The predicted molar refractivity (Wildman–Crippen MR) is 152 cm³/mol. The molecule has 2 aliphatic heterocycles. The van der Waals surface area contributed by atoms with Gasteiger partial charge < -0.3 is 34.5 Å². The lowest BCUT2D eigenvalue weighted by molar-refractivity contribution is -0.144. The van der Waals surface area contributed by atoms with E-state index in [-0.39, 0.29) is 56.5 Å². The summed E-state index contributed by atoms with van der Waals surface area (Å²) in [7, 11) is 1.21. The zero-order valence-corrected chi connectivity index (χ0v) is 24.9. The molecule has 2 N–H and O–H groups in total. The number of amides is 3. The lowest BCUT2D eigenvalue weighted by atomic mass is 10.1. The maximum Gasteiger partial charge on any atom is 0.407 e. The molecule has 228 valence electrons. The molecule has 0 aliphatic carbocycles. The van der Waals surface area contributed by atoms with E-state index in [0.29, 0.717) is 28.8 Å². The number of thiophene rings is 1. The number of hydrogen-bond acceptors (Lipinski definition) is 9. The Morgan fingerprint density at radius 1 is 1.14 bits per heavy atom. The van der Waals surface area contributed by atoms with Crippen molar-refractivity contribution in [1.29, 1.82) is 0 Å². The van der Waals surface area contributed by atoms with Crippen LogP contribution in [-0.2, 0) is 23.8 Å². The number of halogens is 1. The highest BCUT2D eigenvalue weighted by atomic mass is 32.1. The van der Waals surface area contributed by atoms with Crippen LogP contribution in [-0.4, -0.2) is 86.0 Å². The first-order chi connectivity index (χ1) is 19.9. The minimum Gasteiger partial charge on any atom is -0.491 e. The van der Waals surface area contributed by atoms with Crippen LogP contribution in [0, 0.1) is 5.82 Å². The third-order valence-electron chi connectivity index (χ3n) is 6.68. The van der Waals surface area contributed by atoms with Gasteiger partial charge in [-0.25, -0.2) is 14.0 Å². The molecule has 0 saturated carbocycles. The minimum absolute atomic E-state index is 0.0791. The summed E-state index contributed by atoms with van der Waals surface area (Å²) in [4.78, 5) is 52.8. The van der Waals surface area contributed by atoms with Gasteiger partial charge in [0.25, 0.3) is 5.91 Å². The van der Waals surface area contributed by atoms with Crippen molar-refractivity contribution in [3.63, 3.8) is 0 Å². The Kier molecular flexibility index (Phi) is 10.0. The normalized spacial score (nSPS) is 22.0. The van der Waals surface area contributed by atoms with Gasteiger partial charge in [-0.05, 0) is 68.3 Å². The van der Waals surface area contributed by atoms with Gasteiger partial charge in [-0.1, -0.05) is 0 Å². The third-order valence-corrected chi connectivity index (χ3v) is 7.61. The van der Waals surface area contributed by atoms with Crippen LogP contribution < -0.4 is 15.4 Å². The van der Waals surface area contributed by atoms with Gasteiger partial charge in [0.15, 0.2) is 6.04 Å². The van der Waals surface area contributed by atoms with E-state index in [0.717, 1.165) is 11.3 Å². The molecular weight excluding hydrogens is 569 g/mol. The molecule has 11 nitrogen and oxygen atoms in total. The van der Waals surface area contributed by atoms with Crippen molar-refractivity contribution in [2.75, 3.05) is 33.5 Å². The molecule has 4 rings (SSSR count). The molecule has 1 aromatic heterocycles. The number of alkyl carbamates (subject to hydrolysis) is 1. The van der Waals surface area contributed by atoms with Crippen molar-refractivity contribution < 1.29 is 42.5 Å². The first kappa shape index (κ1) is 31.2. The Hall–Kier alpha value is -3.71. The number of carbonyl (C=O) groups is 4. The average Bonchev–Trinajstić information content (AvgIpc) is 3.56. The lowest BCUT2D eigenvalue weighted by Crippen LogP contribution is -2.44. The van der Waals surface area contributed by atoms with Crippen molar-refractivity contribution in [1.82, 2.24) is 15.5 Å². The number of carbonyl (C=O) groups excluding carboxylic acids is 4. The standard InChI is InChI=1S/C29H36FN3O8S/c1-29(2,3)41-28(37)31-20-12-21-14-40-22-9-17(8-19(30)11-22)18-10-24(42-16-18)26(35)32-23(27(36)38-4)15-39-7-5-6-25(34)33(21)13-20/h8-11,16,20-21,23H,5-7,12-15H2,1-4H3,(H,31,37)(H,32,35)/t20-,21-,23-/m0/s1. The van der Waals surface area contributed by atoms with Gasteiger partial charge >= 0.3 is 12.1 Å². The SMILES string of the molecule is COC(=O)[C@@H]1COCCCC(=O)N2C[C@@H](NC(=O)OC(C)(C)C)C[C@H]2COc2cc(F)cc(c2)-c2csc(c2)C(=O)N1. The van der Waals surface area contributed by atoms with Crippen LogP contribution in [0.1, 0.15) is 49.7 Å². The molecule has 3 heterocycles. The number of methoxy groups -OCH3 is 1. The number of esters is 1. The van der Waals surface area contributed by atoms with E-state index in [9.17, 15) is 23.6 Å². The zero-order valence-electron chi connectivity index (χ0n) is 24.1. The van der Waals surface area contributed by atoms with E-state index in [4.69, 9.17) is 18.9 Å². The Balaban J connectivity index is 1.57. The first-order valence-electron chi connectivity index (χ1n) is 13.7. The summed E-state index contributed by atoms with van der Waals surface area (Å²) >= 11 is 1.15. The molecule has 2 aliphatic rings. The number of ether oxygens (including phenoxy) is 4. The summed E-state index contributed by atoms with van der Waals surface area (Å²) in [5.41, 5.74) is 0.419. The summed E-state index contributed by atoms with van der Waals surface area (Å²) in [6.45, 7) is 5.67. The van der Waals surface area contributed by atoms with E-state index in [1.165, 1.54) is 19.2 Å². The van der Waals surface area contributed by atoms with Gasteiger partial charge in [-0.2, -0.15) is 0 Å². The van der Waals surface area contributed by atoms with Crippen LogP contribution in [0.2, 0.25) is 0 Å². The van der Waals surface area contributed by atoms with Gasteiger partial charge in [-0.3, -0.25) is 9.59 Å². The Labute approximate surface area is 247 Å². The largest absolute Gasteiger partial charge is 0.491 e. The predicted octanol–water partition coefficient (Wildman–Crippen LogP) is 3.51. The summed E-state index contributed by atoms with van der Waals surface area (Å²) < 4.78 is 36.4. The van der Waals surface area contributed by atoms with E-state index in [2.05, 4.69) is 10.6 Å². The molecule has 4 bridgehead atoms. The molecule has 0 radical (unpaired) electrons. The van der Waals surface area contributed by atoms with Gasteiger partial charge in [0.1, 0.15) is 23.8 Å². The Bertz CT molecular complexity index is 1310. The van der Waals surface area contributed by atoms with Gasteiger partial charge in [0, 0.05) is 25.6 Å². The third kappa shape index (κ3) is 8.41. The molecule has 1 aromatic carbocycles. The molecule has 3 amide bonds. The van der Waals surface area contributed by atoms with Crippen LogP contribution in [0.25, 0.3) is 11.1 Å². The highest BCUT2D eigenvalue weighted by Crippen LogP contribution is 2.30. The van der Waals surface area contributed by atoms with Crippen molar-refractivity contribution in [3.8, 4) is 16.9 Å². The summed E-state index contributed by atoms with van der Waals surface area (Å²) in [5.74, 6) is -1.60. The van der Waals surface area contributed by atoms with Crippen molar-refractivity contribution in [2.24, 2.45) is 0 Å². The quantitative estimate of drug-likeness (QED) is 0.497. The number of fused-ring (bicyclic) bond motifs is 6. The fraction of sp³-hybridized carbons (Fsp3) is 0.517. The maximum absolute atomic E-state index is 14.6. The van der Waals surface area contributed by atoms with E-state index < -0.39 is 35.4 Å². The number of nitrogens with one attached hydrogen (secondary N) is 2. The van der Waals surface area contributed by atoms with Crippen LogP contribution in [0.3, 0.4) is 0 Å². The van der Waals surface area contributed by atoms with E-state index in [1.807, 2.05) is 0 Å². The van der Waals surface area contributed by atoms with Gasteiger partial charge in [0.05, 0.1) is 30.7 Å². The number of hydrogen-bond donors (Lipinski definition) is 2. The van der Waals surface area contributed by atoms with Crippen LogP contribution >= 0.6 is 11.3 Å². The highest BCUT2D eigenvalue weighted by molar-refractivity contribution is 7.12. The highest BCUT2D eigenvalue weighted by Gasteiger charge is 2.37. The molecule has 42 heavy (non-hydrogen) atoms. The van der Waals surface area contributed by atoms with Crippen molar-refractivity contribution >= 4 is 35.2 Å². The second-order valence-corrected chi connectivity index (χ2v) is 12.1. The molecule has 1 saturated heterocycles. The smallest absolute Gasteiger partial charge is 0.407 e. The number of rotatable bonds is 2. The molecule has 2 aromatic rings. The van der Waals surface area contributed by atoms with Crippen LogP contribution in [0.15, 0.2) is 29.6 Å². The lowest BCUT2D eigenvalue weighted by Gasteiger charge is -2.25. The summed E-state index contributed by atoms with van der Waals surface area (Å²) in [6, 6.07) is 4.05. The molecular formula is C29H36FN3O8S. The second-order valence-electron chi connectivity index (χ2n) is 11.2. The molecule has 3 atom stereocenters. The van der Waals surface area contributed by atoms with Crippen molar-refractivity contribution in [2.45, 2.75) is 63.8 Å². The van der Waals surface area contributed by atoms with E-state index in [1.54, 1.807) is 43.2 Å². The first-order valence-corrected chi connectivity index (χ1v) is 14.6. The minimum atomic E-state index is -1.05. The summed E-state index contributed by atoms with van der Waals surface area (Å²) in [5, 5.41) is 7.16. The molecule has 13 heteroatoms. The van der Waals surface area contributed by atoms with Crippen LogP contribution in [0.5, 0.6) is 5.75 Å². The van der Waals surface area contributed by atoms with Gasteiger partial charge in [0.2, 0.25) is 5.91 Å². The monoisotopic (exact) mass is 605 g/mol. The summed E-state index contributed by atoms with van der Waals surface area (Å²) in [6.07, 6.45) is 0.350. The zero-order chi connectivity index (χ0) is 30.4. The molecule has 0 unspecified atom stereocenters. The average molecular weight is 606 g/mol. The molecule has 1 fully saturated rings. The van der Waals surface area contributed by atoms with Crippen molar-refractivity contribution in [3.05, 3.63) is 40.3 Å².